The molecule has 128 valence electrons. The van der Waals surface area contributed by atoms with Gasteiger partial charge in [-0.1, -0.05) is 13.0 Å². The van der Waals surface area contributed by atoms with Crippen LogP contribution in [0.2, 0.25) is 0 Å². The van der Waals surface area contributed by atoms with E-state index in [1.807, 2.05) is 4.90 Å². The second-order valence-electron chi connectivity index (χ2n) is 5.83. The zero-order chi connectivity index (χ0) is 17.0. The fourth-order valence-electron chi connectivity index (χ4n) is 3.26. The molecule has 1 aromatic rings. The van der Waals surface area contributed by atoms with Crippen LogP contribution in [0.25, 0.3) is 0 Å². The molecule has 0 bridgehead atoms. The molecule has 0 amide bonds. The summed E-state index contributed by atoms with van der Waals surface area (Å²) >= 11 is 0. The van der Waals surface area contributed by atoms with Crippen molar-refractivity contribution in [1.82, 2.24) is 9.80 Å². The van der Waals surface area contributed by atoms with Gasteiger partial charge in [-0.3, -0.25) is 14.6 Å². The quantitative estimate of drug-likeness (QED) is 0.862. The molecule has 1 heterocycles. The molecule has 1 saturated heterocycles. The molecule has 2 rings (SSSR count). The number of carbonyl (C=O) groups is 1. The topological polar surface area (TPSA) is 62.2 Å². The Kier molecular flexibility index (Phi) is 5.85. The highest BCUT2D eigenvalue weighted by atomic mass is 16.5. The third kappa shape index (κ3) is 3.76. The summed E-state index contributed by atoms with van der Waals surface area (Å²) in [5, 5.41) is 9.75. The van der Waals surface area contributed by atoms with E-state index >= 15 is 0 Å². The molecule has 6 nitrogen and oxygen atoms in total. The van der Waals surface area contributed by atoms with Crippen LogP contribution in [0.3, 0.4) is 0 Å². The molecule has 0 aromatic heterocycles. The van der Waals surface area contributed by atoms with Crippen LogP contribution in [0.4, 0.5) is 0 Å². The van der Waals surface area contributed by atoms with E-state index in [0.717, 1.165) is 26.2 Å². The number of carboxylic acids is 1. The Balaban J connectivity index is 2.27. The highest BCUT2D eigenvalue weighted by Gasteiger charge is 2.33. The van der Waals surface area contributed by atoms with Gasteiger partial charge in [0.15, 0.2) is 11.5 Å². The number of likely N-dealkylation sites (N-methyl/N-ethyl adjacent to an activating group) is 1. The van der Waals surface area contributed by atoms with Crippen LogP contribution in [0.15, 0.2) is 18.2 Å². The summed E-state index contributed by atoms with van der Waals surface area (Å²) in [6.07, 6.45) is 0. The predicted octanol–water partition coefficient (Wildman–Crippen LogP) is 1.86. The SMILES string of the molecule is CCN1CCN(C(C(=O)O)c2ccc(OC)c(OC)c2)CC1C. The minimum Gasteiger partial charge on any atom is -0.493 e. The molecule has 0 radical (unpaired) electrons. The van der Waals surface area contributed by atoms with Crippen molar-refractivity contribution in [3.63, 3.8) is 0 Å². The van der Waals surface area contributed by atoms with E-state index in [2.05, 4.69) is 18.7 Å². The van der Waals surface area contributed by atoms with Crippen LogP contribution in [0.1, 0.15) is 25.5 Å². The third-order valence-electron chi connectivity index (χ3n) is 4.53. The summed E-state index contributed by atoms with van der Waals surface area (Å²) in [6, 6.07) is 4.99. The first-order valence-electron chi connectivity index (χ1n) is 7.94. The van der Waals surface area contributed by atoms with E-state index in [1.54, 1.807) is 32.4 Å². The predicted molar refractivity (Wildman–Crippen MR) is 88.2 cm³/mol. The number of piperazine rings is 1. The van der Waals surface area contributed by atoms with Crippen LogP contribution in [0, 0.1) is 0 Å². The van der Waals surface area contributed by atoms with E-state index in [9.17, 15) is 9.90 Å². The molecule has 1 fully saturated rings. The van der Waals surface area contributed by atoms with Gasteiger partial charge in [-0.2, -0.15) is 0 Å². The van der Waals surface area contributed by atoms with Crippen LogP contribution in [0.5, 0.6) is 11.5 Å². The van der Waals surface area contributed by atoms with E-state index in [-0.39, 0.29) is 0 Å². The summed E-state index contributed by atoms with van der Waals surface area (Å²) in [7, 11) is 3.12. The number of carboxylic acid groups (broad SMARTS) is 1. The van der Waals surface area contributed by atoms with Crippen molar-refractivity contribution >= 4 is 5.97 Å². The van der Waals surface area contributed by atoms with Gasteiger partial charge in [0.2, 0.25) is 0 Å². The maximum absolute atomic E-state index is 11.9. The number of methoxy groups -OCH3 is 2. The van der Waals surface area contributed by atoms with Crippen LogP contribution >= 0.6 is 0 Å². The van der Waals surface area contributed by atoms with Gasteiger partial charge in [0, 0.05) is 25.7 Å². The summed E-state index contributed by atoms with van der Waals surface area (Å²) in [4.78, 5) is 16.3. The van der Waals surface area contributed by atoms with E-state index in [0.29, 0.717) is 23.1 Å². The Labute approximate surface area is 137 Å². The summed E-state index contributed by atoms with van der Waals surface area (Å²) in [6.45, 7) is 7.62. The minimum atomic E-state index is -0.839. The number of benzene rings is 1. The highest BCUT2D eigenvalue weighted by Crippen LogP contribution is 2.33. The van der Waals surface area contributed by atoms with Crippen molar-refractivity contribution in [2.75, 3.05) is 40.4 Å². The fourth-order valence-corrected chi connectivity index (χ4v) is 3.26. The molecule has 1 aliphatic heterocycles. The molecule has 23 heavy (non-hydrogen) atoms. The molecular weight excluding hydrogens is 296 g/mol. The molecule has 2 atom stereocenters. The number of rotatable bonds is 6. The largest absolute Gasteiger partial charge is 0.493 e. The van der Waals surface area contributed by atoms with Gasteiger partial charge in [0.05, 0.1) is 14.2 Å². The molecule has 1 aromatic carbocycles. The van der Waals surface area contributed by atoms with Crippen LogP contribution in [-0.4, -0.2) is 67.3 Å². The summed E-state index contributed by atoms with van der Waals surface area (Å²) in [5.41, 5.74) is 0.715. The standard InChI is InChI=1S/C17H26N2O4/c1-5-18-8-9-19(11-12(18)2)16(17(20)21)13-6-7-14(22-3)15(10-13)23-4/h6-7,10,12,16H,5,8-9,11H2,1-4H3,(H,20,21). The molecule has 0 saturated carbocycles. The Hall–Kier alpha value is -1.79. The summed E-state index contributed by atoms with van der Waals surface area (Å²) in [5.74, 6) is 0.315. The second kappa shape index (κ2) is 7.66. The Morgan fingerprint density at radius 3 is 2.52 bits per heavy atom. The first-order valence-corrected chi connectivity index (χ1v) is 7.94. The second-order valence-corrected chi connectivity index (χ2v) is 5.83. The van der Waals surface area contributed by atoms with Crippen molar-refractivity contribution in [1.29, 1.82) is 0 Å². The molecule has 6 heteroatoms. The van der Waals surface area contributed by atoms with Crippen LogP contribution in [-0.2, 0) is 4.79 Å². The normalized spacial score (nSPS) is 21.0. The number of hydrogen-bond donors (Lipinski definition) is 1. The van der Waals surface area contributed by atoms with E-state index in [4.69, 9.17) is 9.47 Å². The summed E-state index contributed by atoms with van der Waals surface area (Å²) < 4.78 is 10.5. The smallest absolute Gasteiger partial charge is 0.325 e. The number of aliphatic carboxylic acids is 1. The van der Waals surface area contributed by atoms with Gasteiger partial charge in [-0.15, -0.1) is 0 Å². The Morgan fingerprint density at radius 2 is 2.00 bits per heavy atom. The first-order chi connectivity index (χ1) is 11.0. The van der Waals surface area contributed by atoms with Crippen molar-refractivity contribution < 1.29 is 19.4 Å². The highest BCUT2D eigenvalue weighted by molar-refractivity contribution is 5.76. The molecule has 0 spiro atoms. The van der Waals surface area contributed by atoms with E-state index in [1.165, 1.54) is 0 Å². The Bertz CT molecular complexity index is 549. The van der Waals surface area contributed by atoms with E-state index < -0.39 is 12.0 Å². The zero-order valence-electron chi connectivity index (χ0n) is 14.3. The van der Waals surface area contributed by atoms with Crippen molar-refractivity contribution in [2.24, 2.45) is 0 Å². The van der Waals surface area contributed by atoms with Crippen molar-refractivity contribution in [3.05, 3.63) is 23.8 Å². The molecule has 0 aliphatic carbocycles. The maximum atomic E-state index is 11.9. The lowest BCUT2D eigenvalue weighted by Gasteiger charge is -2.41. The lowest BCUT2D eigenvalue weighted by Crippen LogP contribution is -2.53. The minimum absolute atomic E-state index is 0.343. The average Bonchev–Trinajstić information content (AvgIpc) is 2.54. The molecule has 2 unspecified atom stereocenters. The number of nitrogens with zero attached hydrogens (tertiary/aromatic N) is 2. The zero-order valence-corrected chi connectivity index (χ0v) is 14.3. The van der Waals surface area contributed by atoms with Crippen LogP contribution < -0.4 is 9.47 Å². The first kappa shape index (κ1) is 17.6. The third-order valence-corrected chi connectivity index (χ3v) is 4.53. The molecule has 1 aliphatic rings. The van der Waals surface area contributed by atoms with Gasteiger partial charge in [0.25, 0.3) is 0 Å². The van der Waals surface area contributed by atoms with Gasteiger partial charge >= 0.3 is 5.97 Å². The fraction of sp³-hybridized carbons (Fsp3) is 0.588. The maximum Gasteiger partial charge on any atom is 0.325 e. The van der Waals surface area contributed by atoms with Gasteiger partial charge in [0.1, 0.15) is 6.04 Å². The lowest BCUT2D eigenvalue weighted by molar-refractivity contribution is -0.144. The van der Waals surface area contributed by atoms with Gasteiger partial charge in [-0.05, 0) is 31.2 Å². The number of ether oxygens (including phenoxy) is 2. The van der Waals surface area contributed by atoms with Crippen molar-refractivity contribution in [2.45, 2.75) is 25.9 Å². The van der Waals surface area contributed by atoms with Gasteiger partial charge in [-0.25, -0.2) is 0 Å². The number of hydrogen-bond acceptors (Lipinski definition) is 5. The Morgan fingerprint density at radius 1 is 1.30 bits per heavy atom. The molecule has 1 N–H and O–H groups in total. The average molecular weight is 322 g/mol. The monoisotopic (exact) mass is 322 g/mol. The van der Waals surface area contributed by atoms with Gasteiger partial charge < -0.3 is 14.6 Å². The lowest BCUT2D eigenvalue weighted by atomic mass is 10.0. The molecular formula is C17H26N2O4. The van der Waals surface area contributed by atoms with Crippen molar-refractivity contribution in [3.8, 4) is 11.5 Å².